The third-order valence-electron chi connectivity index (χ3n) is 10.5. The average molecular weight is 750 g/mol. The highest BCUT2D eigenvalue weighted by molar-refractivity contribution is 7.26. The Labute approximate surface area is 331 Å². The first kappa shape index (κ1) is 32.6. The summed E-state index contributed by atoms with van der Waals surface area (Å²) >= 11 is 3.69. The summed E-state index contributed by atoms with van der Waals surface area (Å²) in [7, 11) is 0. The molecule has 56 heavy (non-hydrogen) atoms. The van der Waals surface area contributed by atoms with Gasteiger partial charge >= 0.3 is 0 Å². The summed E-state index contributed by atoms with van der Waals surface area (Å²) < 4.78 is 5.20. The van der Waals surface area contributed by atoms with Gasteiger partial charge in [0.25, 0.3) is 0 Å². The highest BCUT2D eigenvalue weighted by atomic mass is 32.1. The number of nitrogens with zero attached hydrogens (tertiary/aromatic N) is 3. The van der Waals surface area contributed by atoms with Crippen molar-refractivity contribution in [1.29, 1.82) is 0 Å². The molecule has 0 amide bonds. The maximum Gasteiger partial charge on any atom is 0.160 e. The monoisotopic (exact) mass is 749 g/mol. The molecule has 7 aromatic carbocycles. The first-order valence-corrected chi connectivity index (χ1v) is 20.3. The van der Waals surface area contributed by atoms with Crippen molar-refractivity contribution in [3.05, 3.63) is 188 Å². The van der Waals surface area contributed by atoms with Crippen LogP contribution in [0.15, 0.2) is 188 Å². The van der Waals surface area contributed by atoms with Crippen LogP contribution in [0.25, 0.3) is 108 Å². The van der Waals surface area contributed by atoms with Crippen LogP contribution in [0.3, 0.4) is 0 Å². The van der Waals surface area contributed by atoms with Gasteiger partial charge in [-0.05, 0) is 101 Å². The standard InChI is InChI=1S/C51H31N3S2/c1-2-11-32(12-3-1)45-31-46(54-51(53-45)36-14-10-13-35(25-36)44-17-8-9-24-52-44)39-27-37(33-20-22-49-42(29-33)40-15-4-6-18-47(40)55-49)26-38(28-39)34-21-23-50-43(30-34)41-16-5-7-19-48(41)56-50/h1-31H. The minimum Gasteiger partial charge on any atom is -0.256 e. The first-order chi connectivity index (χ1) is 27.7. The number of benzene rings is 7. The molecule has 0 saturated carbocycles. The molecular formula is C51H31N3S2. The first-order valence-electron chi connectivity index (χ1n) is 18.7. The molecule has 0 saturated heterocycles. The van der Waals surface area contributed by atoms with E-state index in [1.165, 1.54) is 51.5 Å². The van der Waals surface area contributed by atoms with E-state index in [1.54, 1.807) is 0 Å². The van der Waals surface area contributed by atoms with Crippen molar-refractivity contribution in [1.82, 2.24) is 15.0 Å². The van der Waals surface area contributed by atoms with E-state index in [1.807, 2.05) is 53.1 Å². The van der Waals surface area contributed by atoms with E-state index >= 15 is 0 Å². The van der Waals surface area contributed by atoms with Crippen LogP contribution in [0.2, 0.25) is 0 Å². The molecule has 11 rings (SSSR count). The number of thiophene rings is 2. The summed E-state index contributed by atoms with van der Waals surface area (Å²) in [6.45, 7) is 0. The summed E-state index contributed by atoms with van der Waals surface area (Å²) in [6.07, 6.45) is 1.83. The molecule has 0 aliphatic heterocycles. The molecule has 0 aliphatic carbocycles. The molecule has 0 N–H and O–H groups in total. The van der Waals surface area contributed by atoms with Crippen LogP contribution in [-0.4, -0.2) is 15.0 Å². The molecule has 4 aromatic heterocycles. The van der Waals surface area contributed by atoms with Gasteiger partial charge in [-0.3, -0.25) is 4.98 Å². The topological polar surface area (TPSA) is 38.7 Å². The largest absolute Gasteiger partial charge is 0.256 e. The van der Waals surface area contributed by atoms with Gasteiger partial charge in [0.2, 0.25) is 0 Å². The molecule has 262 valence electrons. The highest BCUT2D eigenvalue weighted by Crippen LogP contribution is 2.41. The van der Waals surface area contributed by atoms with E-state index < -0.39 is 0 Å². The van der Waals surface area contributed by atoms with Crippen LogP contribution < -0.4 is 0 Å². The fourth-order valence-electron chi connectivity index (χ4n) is 7.75. The van der Waals surface area contributed by atoms with Gasteiger partial charge in [0, 0.05) is 68.8 Å². The second-order valence-corrected chi connectivity index (χ2v) is 16.2. The van der Waals surface area contributed by atoms with E-state index in [9.17, 15) is 0 Å². The maximum atomic E-state index is 5.34. The Bertz CT molecular complexity index is 3120. The van der Waals surface area contributed by atoms with E-state index in [0.717, 1.165) is 50.5 Å². The highest BCUT2D eigenvalue weighted by Gasteiger charge is 2.16. The summed E-state index contributed by atoms with van der Waals surface area (Å²) in [6, 6.07) is 65.0. The van der Waals surface area contributed by atoms with E-state index in [2.05, 4.69) is 163 Å². The third kappa shape index (κ3) is 5.86. The van der Waals surface area contributed by atoms with Crippen molar-refractivity contribution in [2.24, 2.45) is 0 Å². The molecule has 0 spiro atoms. The summed E-state index contributed by atoms with van der Waals surface area (Å²) in [5.41, 5.74) is 11.3. The molecule has 0 aliphatic rings. The number of pyridine rings is 1. The van der Waals surface area contributed by atoms with Crippen molar-refractivity contribution in [3.8, 4) is 67.4 Å². The van der Waals surface area contributed by atoms with Gasteiger partial charge in [-0.15, -0.1) is 22.7 Å². The molecule has 0 fully saturated rings. The quantitative estimate of drug-likeness (QED) is 0.170. The number of fused-ring (bicyclic) bond motifs is 6. The Morgan fingerprint density at radius 1 is 0.286 bits per heavy atom. The fraction of sp³-hybridized carbons (Fsp3) is 0. The Morgan fingerprint density at radius 3 is 1.45 bits per heavy atom. The van der Waals surface area contributed by atoms with Crippen molar-refractivity contribution in [2.75, 3.05) is 0 Å². The lowest BCUT2D eigenvalue weighted by Gasteiger charge is -2.14. The molecule has 0 atom stereocenters. The molecular weight excluding hydrogens is 719 g/mol. The number of aromatic nitrogens is 3. The summed E-state index contributed by atoms with van der Waals surface area (Å²) in [5.74, 6) is 0.670. The van der Waals surface area contributed by atoms with Gasteiger partial charge < -0.3 is 0 Å². The lowest BCUT2D eigenvalue weighted by molar-refractivity contribution is 1.18. The number of hydrogen-bond acceptors (Lipinski definition) is 5. The smallest absolute Gasteiger partial charge is 0.160 e. The van der Waals surface area contributed by atoms with Gasteiger partial charge in [0.05, 0.1) is 17.1 Å². The van der Waals surface area contributed by atoms with Gasteiger partial charge in [-0.1, -0.05) is 103 Å². The van der Waals surface area contributed by atoms with E-state index in [0.29, 0.717) is 5.82 Å². The maximum absolute atomic E-state index is 5.34. The molecule has 0 bridgehead atoms. The Kier molecular flexibility index (Phi) is 7.87. The second-order valence-electron chi connectivity index (χ2n) is 14.0. The minimum atomic E-state index is 0.670. The van der Waals surface area contributed by atoms with Gasteiger partial charge in [-0.25, -0.2) is 9.97 Å². The zero-order valence-corrected chi connectivity index (χ0v) is 31.7. The van der Waals surface area contributed by atoms with Crippen LogP contribution in [0.1, 0.15) is 0 Å². The minimum absolute atomic E-state index is 0.670. The molecule has 11 aromatic rings. The SMILES string of the molecule is c1ccc(-c2cc(-c3cc(-c4ccc5sc6ccccc6c5c4)cc(-c4ccc5sc6ccccc6c5c4)c3)nc(-c3cccc(-c4ccccn4)c3)n2)cc1. The Hall–Kier alpha value is -6.79. The van der Waals surface area contributed by atoms with Crippen molar-refractivity contribution in [3.63, 3.8) is 0 Å². The summed E-state index contributed by atoms with van der Waals surface area (Å²) in [5, 5.41) is 5.15. The lowest BCUT2D eigenvalue weighted by Crippen LogP contribution is -1.97. The van der Waals surface area contributed by atoms with Crippen molar-refractivity contribution in [2.45, 2.75) is 0 Å². The predicted molar refractivity (Wildman–Crippen MR) is 238 cm³/mol. The van der Waals surface area contributed by atoms with Gasteiger partial charge in [0.1, 0.15) is 0 Å². The molecule has 4 heterocycles. The molecule has 3 nitrogen and oxygen atoms in total. The number of hydrogen-bond donors (Lipinski definition) is 0. The third-order valence-corrected chi connectivity index (χ3v) is 12.8. The fourth-order valence-corrected chi connectivity index (χ4v) is 9.93. The second kappa shape index (κ2) is 13.5. The summed E-state index contributed by atoms with van der Waals surface area (Å²) in [4.78, 5) is 15.1. The van der Waals surface area contributed by atoms with Gasteiger partial charge in [0.15, 0.2) is 5.82 Å². The van der Waals surface area contributed by atoms with Crippen LogP contribution >= 0.6 is 22.7 Å². The van der Waals surface area contributed by atoms with E-state index in [4.69, 9.17) is 9.97 Å². The predicted octanol–water partition coefficient (Wildman–Crippen LogP) is 14.6. The molecule has 5 heteroatoms. The Balaban J connectivity index is 1.13. The Morgan fingerprint density at radius 2 is 0.804 bits per heavy atom. The molecule has 0 unspecified atom stereocenters. The van der Waals surface area contributed by atoms with Crippen LogP contribution in [0.5, 0.6) is 0 Å². The van der Waals surface area contributed by atoms with Crippen LogP contribution in [0, 0.1) is 0 Å². The average Bonchev–Trinajstić information content (AvgIpc) is 3.84. The zero-order valence-electron chi connectivity index (χ0n) is 30.1. The van der Waals surface area contributed by atoms with Crippen LogP contribution in [-0.2, 0) is 0 Å². The van der Waals surface area contributed by atoms with Gasteiger partial charge in [-0.2, -0.15) is 0 Å². The van der Waals surface area contributed by atoms with Crippen molar-refractivity contribution < 1.29 is 0 Å². The van der Waals surface area contributed by atoms with E-state index in [-0.39, 0.29) is 0 Å². The van der Waals surface area contributed by atoms with Crippen LogP contribution in [0.4, 0.5) is 0 Å². The lowest BCUT2D eigenvalue weighted by atomic mass is 9.93. The van der Waals surface area contributed by atoms with Crippen molar-refractivity contribution >= 4 is 63.0 Å². The molecule has 0 radical (unpaired) electrons. The number of rotatable bonds is 6. The normalized spacial score (nSPS) is 11.6. The zero-order chi connectivity index (χ0) is 37.0.